The highest BCUT2D eigenvalue weighted by atomic mass is 35.5. The van der Waals surface area contributed by atoms with Crippen molar-refractivity contribution < 1.29 is 23.7 Å². The first-order valence-electron chi connectivity index (χ1n) is 7.86. The smallest absolute Gasteiger partial charge is 0.414 e. The molecule has 0 radical (unpaired) electrons. The summed E-state index contributed by atoms with van der Waals surface area (Å²) in [4.78, 5) is 19.6. The number of nitrogens with one attached hydrogen (secondary N) is 1. The first kappa shape index (κ1) is 22.1. The number of hydrogen-bond donors (Lipinski definition) is 2. The number of methoxy groups -OCH3 is 3. The van der Waals surface area contributed by atoms with E-state index in [4.69, 9.17) is 24.7 Å². The Balaban J connectivity index is 0.00000364. The summed E-state index contributed by atoms with van der Waals surface area (Å²) < 4.78 is 20.8. The maximum Gasteiger partial charge on any atom is 0.414 e. The van der Waals surface area contributed by atoms with E-state index in [1.54, 1.807) is 34.4 Å². The van der Waals surface area contributed by atoms with E-state index in [2.05, 4.69) is 15.3 Å². The van der Waals surface area contributed by atoms with Crippen molar-refractivity contribution in [3.63, 3.8) is 0 Å². The van der Waals surface area contributed by atoms with Gasteiger partial charge in [0.15, 0.2) is 11.5 Å². The van der Waals surface area contributed by atoms with Crippen molar-refractivity contribution >= 4 is 30.3 Å². The fourth-order valence-corrected chi connectivity index (χ4v) is 2.33. The molecule has 1 aromatic heterocycles. The molecule has 1 heterocycles. The van der Waals surface area contributed by atoms with Gasteiger partial charge in [-0.3, -0.25) is 5.32 Å². The Bertz CT molecular complexity index is 763. The van der Waals surface area contributed by atoms with Crippen molar-refractivity contribution in [1.29, 1.82) is 0 Å². The molecule has 0 atom stereocenters. The minimum absolute atomic E-state index is 0. The zero-order valence-electron chi connectivity index (χ0n) is 15.6. The van der Waals surface area contributed by atoms with Crippen LogP contribution in [-0.4, -0.2) is 44.0 Å². The van der Waals surface area contributed by atoms with E-state index < -0.39 is 6.09 Å². The number of aromatic nitrogens is 2. The lowest BCUT2D eigenvalue weighted by Crippen LogP contribution is -2.16. The maximum absolute atomic E-state index is 11.4. The molecule has 9 nitrogen and oxygen atoms in total. The number of nitrogen functional groups attached to an aromatic ring is 1. The highest BCUT2D eigenvalue weighted by Gasteiger charge is 2.15. The molecule has 2 aromatic rings. The van der Waals surface area contributed by atoms with Gasteiger partial charge in [0.2, 0.25) is 11.7 Å². The number of anilines is 2. The monoisotopic (exact) mass is 398 g/mol. The van der Waals surface area contributed by atoms with Gasteiger partial charge in [-0.25, -0.2) is 9.78 Å². The van der Waals surface area contributed by atoms with Crippen LogP contribution in [0.1, 0.15) is 18.1 Å². The van der Waals surface area contributed by atoms with Crippen LogP contribution in [0, 0.1) is 0 Å². The average Bonchev–Trinajstić information content (AvgIpc) is 2.63. The Labute approximate surface area is 163 Å². The molecule has 0 unspecified atom stereocenters. The Hall–Kier alpha value is -2.94. The van der Waals surface area contributed by atoms with Crippen molar-refractivity contribution in [2.45, 2.75) is 13.3 Å². The summed E-state index contributed by atoms with van der Waals surface area (Å²) >= 11 is 0. The number of nitrogens with two attached hydrogens (primary N) is 1. The second-order valence-corrected chi connectivity index (χ2v) is 5.16. The Morgan fingerprint density at radius 1 is 1.15 bits per heavy atom. The molecule has 10 heteroatoms. The molecule has 27 heavy (non-hydrogen) atoms. The minimum atomic E-state index is -0.635. The zero-order valence-corrected chi connectivity index (χ0v) is 16.4. The quantitative estimate of drug-likeness (QED) is 0.730. The van der Waals surface area contributed by atoms with Crippen molar-refractivity contribution in [2.75, 3.05) is 39.0 Å². The summed E-state index contributed by atoms with van der Waals surface area (Å²) in [5.74, 6) is 1.93. The SMILES string of the molecule is CCOC(=O)Nc1ncc(Cc2cc(OC)c(OC)c(OC)c2)c(N)n1.Cl. The second-order valence-electron chi connectivity index (χ2n) is 5.16. The van der Waals surface area contributed by atoms with Crippen molar-refractivity contribution in [3.05, 3.63) is 29.5 Å². The van der Waals surface area contributed by atoms with E-state index in [9.17, 15) is 4.79 Å². The molecule has 2 rings (SSSR count). The predicted octanol–water partition coefficient (Wildman–Crippen LogP) is 2.67. The molecule has 0 fully saturated rings. The number of benzene rings is 1. The van der Waals surface area contributed by atoms with E-state index in [-0.39, 0.29) is 30.8 Å². The molecule has 0 saturated heterocycles. The zero-order chi connectivity index (χ0) is 19.1. The number of carbonyl (C=O) groups excluding carboxylic acids is 1. The number of amides is 1. The first-order chi connectivity index (χ1) is 12.5. The van der Waals surface area contributed by atoms with Crippen molar-refractivity contribution in [2.24, 2.45) is 0 Å². The highest BCUT2D eigenvalue weighted by Crippen LogP contribution is 2.38. The number of carbonyl (C=O) groups is 1. The van der Waals surface area contributed by atoms with E-state index in [1.165, 1.54) is 0 Å². The van der Waals surface area contributed by atoms with Gasteiger partial charge in [-0.15, -0.1) is 12.4 Å². The molecule has 1 amide bonds. The van der Waals surface area contributed by atoms with Crippen LogP contribution in [0.25, 0.3) is 0 Å². The predicted molar refractivity (Wildman–Crippen MR) is 103 cm³/mol. The molecule has 0 aliphatic rings. The van der Waals surface area contributed by atoms with Crippen LogP contribution in [0.15, 0.2) is 18.3 Å². The van der Waals surface area contributed by atoms with E-state index in [1.807, 2.05) is 12.1 Å². The van der Waals surface area contributed by atoms with Gasteiger partial charge < -0.3 is 24.7 Å². The molecule has 0 aliphatic heterocycles. The van der Waals surface area contributed by atoms with Gasteiger partial charge in [0.1, 0.15) is 5.82 Å². The largest absolute Gasteiger partial charge is 0.493 e. The normalized spacial score (nSPS) is 9.78. The van der Waals surface area contributed by atoms with Crippen LogP contribution < -0.4 is 25.3 Å². The first-order valence-corrected chi connectivity index (χ1v) is 7.86. The van der Waals surface area contributed by atoms with E-state index in [0.717, 1.165) is 5.56 Å². The molecule has 3 N–H and O–H groups in total. The van der Waals surface area contributed by atoms with Gasteiger partial charge in [-0.05, 0) is 24.6 Å². The number of nitrogens with zero attached hydrogens (tertiary/aromatic N) is 2. The Morgan fingerprint density at radius 3 is 2.26 bits per heavy atom. The van der Waals surface area contributed by atoms with Gasteiger partial charge in [0, 0.05) is 18.2 Å². The van der Waals surface area contributed by atoms with Crippen LogP contribution in [0.3, 0.4) is 0 Å². The van der Waals surface area contributed by atoms with Gasteiger partial charge in [0.05, 0.1) is 27.9 Å². The van der Waals surface area contributed by atoms with Crippen LogP contribution in [0.5, 0.6) is 17.2 Å². The number of rotatable bonds is 7. The van der Waals surface area contributed by atoms with E-state index >= 15 is 0 Å². The number of halogens is 1. The topological polar surface area (TPSA) is 118 Å². The van der Waals surface area contributed by atoms with Crippen LogP contribution in [0.2, 0.25) is 0 Å². The number of ether oxygens (including phenoxy) is 4. The van der Waals surface area contributed by atoms with Gasteiger partial charge in [-0.1, -0.05) is 0 Å². The van der Waals surface area contributed by atoms with Crippen molar-refractivity contribution in [3.8, 4) is 17.2 Å². The lowest BCUT2D eigenvalue weighted by Gasteiger charge is -2.14. The molecule has 0 aliphatic carbocycles. The third kappa shape index (κ3) is 5.52. The van der Waals surface area contributed by atoms with Crippen LogP contribution in [-0.2, 0) is 11.2 Å². The van der Waals surface area contributed by atoms with Gasteiger partial charge in [0.25, 0.3) is 0 Å². The Kier molecular flexibility index (Phi) is 8.40. The molecule has 0 bridgehead atoms. The van der Waals surface area contributed by atoms with Crippen LogP contribution >= 0.6 is 12.4 Å². The van der Waals surface area contributed by atoms with Crippen molar-refractivity contribution in [1.82, 2.24) is 9.97 Å². The molecule has 0 saturated carbocycles. The summed E-state index contributed by atoms with van der Waals surface area (Å²) in [6.45, 7) is 1.95. The minimum Gasteiger partial charge on any atom is -0.493 e. The molecule has 1 aromatic carbocycles. The highest BCUT2D eigenvalue weighted by molar-refractivity contribution is 5.85. The van der Waals surface area contributed by atoms with E-state index in [0.29, 0.717) is 29.2 Å². The summed E-state index contributed by atoms with van der Waals surface area (Å²) in [6.07, 6.45) is 1.36. The third-order valence-corrected chi connectivity index (χ3v) is 3.51. The summed E-state index contributed by atoms with van der Waals surface area (Å²) in [5.41, 5.74) is 7.55. The molecule has 148 valence electrons. The third-order valence-electron chi connectivity index (χ3n) is 3.51. The van der Waals surface area contributed by atoms with Gasteiger partial charge >= 0.3 is 6.09 Å². The fourth-order valence-electron chi connectivity index (χ4n) is 2.33. The average molecular weight is 399 g/mol. The maximum atomic E-state index is 11.4. The lowest BCUT2D eigenvalue weighted by atomic mass is 10.1. The lowest BCUT2D eigenvalue weighted by molar-refractivity contribution is 0.167. The summed E-state index contributed by atoms with van der Waals surface area (Å²) in [5, 5.41) is 2.41. The second kappa shape index (κ2) is 10.3. The van der Waals surface area contributed by atoms with Gasteiger partial charge in [-0.2, -0.15) is 4.98 Å². The fraction of sp³-hybridized carbons (Fsp3) is 0.353. The molecular weight excluding hydrogens is 376 g/mol. The summed E-state index contributed by atoms with van der Waals surface area (Å²) in [6, 6.07) is 3.65. The molecular formula is C17H23ClN4O5. The summed E-state index contributed by atoms with van der Waals surface area (Å²) in [7, 11) is 4.64. The standard InChI is InChI=1S/C17H22N4O5.ClH/c1-5-26-17(22)21-16-19-9-11(15(18)20-16)6-10-7-12(23-2)14(25-4)13(8-10)24-3;/h7-9H,5-6H2,1-4H3,(H3,18,19,20,21,22);1H. The molecule has 0 spiro atoms. The van der Waals surface area contributed by atoms with Crippen LogP contribution in [0.4, 0.5) is 16.6 Å². The number of hydrogen-bond acceptors (Lipinski definition) is 8. The Morgan fingerprint density at radius 2 is 1.78 bits per heavy atom.